The molecule has 0 atom stereocenters. The van der Waals surface area contributed by atoms with E-state index in [0.29, 0.717) is 5.92 Å². The number of rotatable bonds is 1. The van der Waals surface area contributed by atoms with Gasteiger partial charge in [0, 0.05) is 16.4 Å². The second-order valence-electron chi connectivity index (χ2n) is 9.39. The zero-order valence-corrected chi connectivity index (χ0v) is 17.2. The Labute approximate surface area is 172 Å². The highest BCUT2D eigenvalue weighted by molar-refractivity contribution is 6.02. The van der Waals surface area contributed by atoms with Gasteiger partial charge in [0.25, 0.3) is 0 Å². The summed E-state index contributed by atoms with van der Waals surface area (Å²) in [6, 6.07) is 18.2. The second kappa shape index (κ2) is 6.13. The highest BCUT2D eigenvalue weighted by Gasteiger charge is 2.35. The van der Waals surface area contributed by atoms with Gasteiger partial charge in [-0.05, 0) is 64.4 Å². The molecule has 0 spiro atoms. The van der Waals surface area contributed by atoms with Gasteiger partial charge >= 0.3 is 0 Å². The molecule has 1 heterocycles. The Morgan fingerprint density at radius 3 is 2.38 bits per heavy atom. The Morgan fingerprint density at radius 2 is 1.59 bits per heavy atom. The summed E-state index contributed by atoms with van der Waals surface area (Å²) in [4.78, 5) is 9.51. The monoisotopic (exact) mass is 378 g/mol. The van der Waals surface area contributed by atoms with Gasteiger partial charge in [0.15, 0.2) is 0 Å². The molecule has 0 bridgehead atoms. The van der Waals surface area contributed by atoms with Crippen LogP contribution in [0, 0.1) is 0 Å². The van der Waals surface area contributed by atoms with E-state index >= 15 is 0 Å². The number of benzene rings is 3. The topological polar surface area (TPSA) is 25.8 Å². The molecule has 144 valence electrons. The molecule has 0 radical (unpaired) electrons. The van der Waals surface area contributed by atoms with E-state index in [9.17, 15) is 0 Å². The fourth-order valence-corrected chi connectivity index (χ4v) is 5.68. The van der Waals surface area contributed by atoms with Gasteiger partial charge in [-0.3, -0.25) is 0 Å². The van der Waals surface area contributed by atoms with Crippen molar-refractivity contribution in [2.45, 2.75) is 57.3 Å². The maximum atomic E-state index is 4.78. The first kappa shape index (κ1) is 17.1. The first-order chi connectivity index (χ1) is 14.1. The maximum absolute atomic E-state index is 4.78. The summed E-state index contributed by atoms with van der Waals surface area (Å²) < 4.78 is 0. The quantitative estimate of drug-likeness (QED) is 0.352. The van der Waals surface area contributed by atoms with E-state index in [1.165, 1.54) is 70.5 Å². The van der Waals surface area contributed by atoms with E-state index in [0.717, 1.165) is 11.2 Å². The number of hydrogen-bond donors (Lipinski definition) is 0. The van der Waals surface area contributed by atoms with Gasteiger partial charge in [0.2, 0.25) is 0 Å². The number of nitrogens with zero attached hydrogens (tertiary/aromatic N) is 2. The molecule has 2 aliphatic rings. The van der Waals surface area contributed by atoms with Crippen molar-refractivity contribution in [2.75, 3.05) is 0 Å². The molecule has 0 amide bonds. The summed E-state index contributed by atoms with van der Waals surface area (Å²) in [7, 11) is 0. The first-order valence-corrected chi connectivity index (χ1v) is 11.0. The van der Waals surface area contributed by atoms with Crippen molar-refractivity contribution in [3.63, 3.8) is 0 Å². The van der Waals surface area contributed by atoms with Crippen LogP contribution in [0.5, 0.6) is 0 Å². The van der Waals surface area contributed by atoms with Gasteiger partial charge in [0.1, 0.15) is 6.33 Å². The summed E-state index contributed by atoms with van der Waals surface area (Å²) in [6.07, 6.45) is 8.46. The third-order valence-corrected chi connectivity index (χ3v) is 7.32. The molecule has 2 heteroatoms. The van der Waals surface area contributed by atoms with E-state index in [1.54, 1.807) is 6.33 Å². The van der Waals surface area contributed by atoms with Gasteiger partial charge < -0.3 is 0 Å². The Hall–Kier alpha value is -2.74. The molecule has 0 unspecified atom stereocenters. The van der Waals surface area contributed by atoms with Crippen LogP contribution >= 0.6 is 0 Å². The van der Waals surface area contributed by atoms with Gasteiger partial charge in [-0.15, -0.1) is 0 Å². The Balaban J connectivity index is 1.67. The van der Waals surface area contributed by atoms with Crippen LogP contribution < -0.4 is 0 Å². The van der Waals surface area contributed by atoms with Crippen LogP contribution in [-0.2, 0) is 5.41 Å². The lowest BCUT2D eigenvalue weighted by atomic mass is 9.68. The predicted octanol–water partition coefficient (Wildman–Crippen LogP) is 7.14. The number of aromatic nitrogens is 2. The molecular formula is C27H26N2. The molecule has 1 aromatic heterocycles. The molecule has 0 N–H and O–H groups in total. The predicted molar refractivity (Wildman–Crippen MR) is 120 cm³/mol. The van der Waals surface area contributed by atoms with E-state index in [1.807, 2.05) is 0 Å². The van der Waals surface area contributed by atoms with Gasteiger partial charge in [-0.2, -0.15) is 0 Å². The minimum Gasteiger partial charge on any atom is -0.236 e. The van der Waals surface area contributed by atoms with E-state index in [-0.39, 0.29) is 5.41 Å². The summed E-state index contributed by atoms with van der Waals surface area (Å²) in [5, 5.41) is 3.83. The molecule has 0 saturated heterocycles. The highest BCUT2D eigenvalue weighted by atomic mass is 14.8. The van der Waals surface area contributed by atoms with Crippen molar-refractivity contribution in [2.24, 2.45) is 0 Å². The van der Waals surface area contributed by atoms with Gasteiger partial charge in [-0.25, -0.2) is 9.97 Å². The van der Waals surface area contributed by atoms with Crippen LogP contribution in [0.25, 0.3) is 32.9 Å². The minimum atomic E-state index is -0.0694. The van der Waals surface area contributed by atoms with Crippen LogP contribution in [0.2, 0.25) is 0 Å². The molecule has 2 nitrogen and oxygen atoms in total. The number of fused-ring (bicyclic) bond motifs is 3. The highest BCUT2D eigenvalue weighted by Crippen LogP contribution is 2.49. The smallest absolute Gasteiger partial charge is 0.116 e. The molecule has 2 aliphatic carbocycles. The van der Waals surface area contributed by atoms with E-state index in [2.05, 4.69) is 62.4 Å². The summed E-state index contributed by atoms with van der Waals surface area (Å²) in [5.41, 5.74) is 7.66. The molecule has 4 aromatic rings. The van der Waals surface area contributed by atoms with Crippen molar-refractivity contribution in [3.05, 3.63) is 71.5 Å². The normalized spacial score (nSPS) is 18.1. The zero-order chi connectivity index (χ0) is 19.6. The van der Waals surface area contributed by atoms with E-state index < -0.39 is 0 Å². The van der Waals surface area contributed by atoms with Crippen LogP contribution in [0.1, 0.15) is 68.6 Å². The Bertz CT molecular complexity index is 1260. The van der Waals surface area contributed by atoms with Gasteiger partial charge in [0.05, 0.1) is 11.2 Å². The molecule has 3 aromatic carbocycles. The average molecular weight is 379 g/mol. The van der Waals surface area contributed by atoms with Gasteiger partial charge in [-0.1, -0.05) is 63.4 Å². The number of hydrogen-bond acceptors (Lipinski definition) is 2. The minimum absolute atomic E-state index is 0.0694. The zero-order valence-electron chi connectivity index (χ0n) is 17.2. The average Bonchev–Trinajstić information content (AvgIpc) is 2.77. The third kappa shape index (κ3) is 2.48. The van der Waals surface area contributed by atoms with Crippen LogP contribution in [0.4, 0.5) is 0 Å². The fraction of sp³-hybridized carbons (Fsp3) is 0.333. The summed E-state index contributed by atoms with van der Waals surface area (Å²) in [5.74, 6) is 0.677. The van der Waals surface area contributed by atoms with Crippen molar-refractivity contribution >= 4 is 21.7 Å². The molecule has 1 saturated carbocycles. The van der Waals surface area contributed by atoms with Crippen molar-refractivity contribution in [1.82, 2.24) is 9.97 Å². The van der Waals surface area contributed by atoms with Crippen LogP contribution in [0.15, 0.2) is 54.9 Å². The third-order valence-electron chi connectivity index (χ3n) is 7.32. The fourth-order valence-electron chi connectivity index (χ4n) is 5.68. The van der Waals surface area contributed by atoms with Crippen molar-refractivity contribution in [3.8, 4) is 11.3 Å². The molecule has 1 fully saturated rings. The standard InChI is InChI=1S/C27H26N2/c1-27(2)22-13-19-11-7-6-10-18(19)12-21(22)26-25-23(27)14-20(15-24(25)28-16-29-26)17-8-4-3-5-9-17/h6-7,10-17H,3-5,8-9H2,1-2H3. The van der Waals surface area contributed by atoms with Crippen molar-refractivity contribution < 1.29 is 0 Å². The van der Waals surface area contributed by atoms with E-state index in [4.69, 9.17) is 9.97 Å². The maximum Gasteiger partial charge on any atom is 0.116 e. The SMILES string of the molecule is CC1(C)c2cc3ccccc3cc2-c2ncnc3cc(C4CCCCC4)cc1c23. The summed E-state index contributed by atoms with van der Waals surface area (Å²) in [6.45, 7) is 4.74. The Morgan fingerprint density at radius 1 is 0.828 bits per heavy atom. The molecule has 0 aliphatic heterocycles. The van der Waals surface area contributed by atoms with Crippen LogP contribution in [-0.4, -0.2) is 9.97 Å². The van der Waals surface area contributed by atoms with Crippen molar-refractivity contribution in [1.29, 1.82) is 0 Å². The molecule has 29 heavy (non-hydrogen) atoms. The Kier molecular flexibility index (Phi) is 3.62. The summed E-state index contributed by atoms with van der Waals surface area (Å²) >= 11 is 0. The lowest BCUT2D eigenvalue weighted by Crippen LogP contribution is -2.25. The first-order valence-electron chi connectivity index (χ1n) is 11.0. The van der Waals surface area contributed by atoms with Crippen LogP contribution in [0.3, 0.4) is 0 Å². The molecular weight excluding hydrogens is 352 g/mol. The lowest BCUT2D eigenvalue weighted by Gasteiger charge is -2.35. The largest absolute Gasteiger partial charge is 0.236 e. The molecule has 6 rings (SSSR count). The second-order valence-corrected chi connectivity index (χ2v) is 9.39. The lowest BCUT2D eigenvalue weighted by molar-refractivity contribution is 0.443.